The lowest BCUT2D eigenvalue weighted by Crippen LogP contribution is -2.19. The maximum absolute atomic E-state index is 12.8. The monoisotopic (exact) mass is 459 g/mol. The number of rotatable bonds is 6. The van der Waals surface area contributed by atoms with E-state index in [4.69, 9.17) is 4.74 Å². The molecule has 0 aliphatic heterocycles. The van der Waals surface area contributed by atoms with Crippen LogP contribution in [-0.4, -0.2) is 22.7 Å². The fraction of sp³-hybridized carbons (Fsp3) is 0. The van der Waals surface area contributed by atoms with Gasteiger partial charge in [-0.2, -0.15) is 5.10 Å². The molecule has 0 unspecified atom stereocenters. The maximum atomic E-state index is 12.8. The standard InChI is InChI=1S/C29H21N3O3/c33-28(26-14-3-4-16-27(26)32-17-5-6-18-32)31-30-20-21-9-7-12-23(19-21)35-29(34)25-15-8-11-22-10-1-2-13-24(22)25/h1-20H,(H,31,33)/b30-20-. The van der Waals surface area contributed by atoms with Crippen molar-refractivity contribution < 1.29 is 14.3 Å². The quantitative estimate of drug-likeness (QED) is 0.155. The highest BCUT2D eigenvalue weighted by Crippen LogP contribution is 2.21. The van der Waals surface area contributed by atoms with E-state index in [9.17, 15) is 9.59 Å². The van der Waals surface area contributed by atoms with Crippen molar-refractivity contribution in [3.63, 3.8) is 0 Å². The molecule has 1 heterocycles. The van der Waals surface area contributed by atoms with E-state index in [2.05, 4.69) is 10.5 Å². The summed E-state index contributed by atoms with van der Waals surface area (Å²) in [7, 11) is 0. The smallest absolute Gasteiger partial charge is 0.344 e. The van der Waals surface area contributed by atoms with Crippen molar-refractivity contribution in [3.05, 3.63) is 132 Å². The minimum absolute atomic E-state index is 0.330. The number of nitrogens with zero attached hydrogens (tertiary/aromatic N) is 2. The molecule has 0 saturated carbocycles. The van der Waals surface area contributed by atoms with Crippen LogP contribution in [0.1, 0.15) is 26.3 Å². The van der Waals surface area contributed by atoms with E-state index in [1.54, 1.807) is 42.5 Å². The second kappa shape index (κ2) is 9.89. The summed E-state index contributed by atoms with van der Waals surface area (Å²) in [5.74, 6) is -0.383. The summed E-state index contributed by atoms with van der Waals surface area (Å²) in [4.78, 5) is 25.5. The number of carbonyl (C=O) groups excluding carboxylic acids is 2. The first kappa shape index (κ1) is 21.9. The maximum Gasteiger partial charge on any atom is 0.344 e. The number of ether oxygens (including phenoxy) is 1. The van der Waals surface area contributed by atoms with Crippen molar-refractivity contribution in [3.8, 4) is 11.4 Å². The first-order chi connectivity index (χ1) is 17.2. The second-order valence-electron chi connectivity index (χ2n) is 7.80. The first-order valence-corrected chi connectivity index (χ1v) is 11.0. The fourth-order valence-electron chi connectivity index (χ4n) is 3.84. The lowest BCUT2D eigenvalue weighted by Gasteiger charge is -2.09. The number of aromatic nitrogens is 1. The van der Waals surface area contributed by atoms with E-state index in [-0.39, 0.29) is 5.91 Å². The zero-order valence-electron chi connectivity index (χ0n) is 18.7. The summed E-state index contributed by atoms with van der Waals surface area (Å²) in [5, 5.41) is 5.89. The third kappa shape index (κ3) is 4.86. The van der Waals surface area contributed by atoms with Crippen LogP contribution in [0, 0.1) is 0 Å². The van der Waals surface area contributed by atoms with E-state index >= 15 is 0 Å². The van der Waals surface area contributed by atoms with Gasteiger partial charge in [-0.15, -0.1) is 0 Å². The molecule has 1 N–H and O–H groups in total. The van der Waals surface area contributed by atoms with Gasteiger partial charge in [0.1, 0.15) is 5.75 Å². The summed E-state index contributed by atoms with van der Waals surface area (Å²) in [6, 6.07) is 31.2. The summed E-state index contributed by atoms with van der Waals surface area (Å²) in [6.45, 7) is 0. The molecule has 4 aromatic carbocycles. The van der Waals surface area contributed by atoms with Gasteiger partial charge >= 0.3 is 5.97 Å². The van der Waals surface area contributed by atoms with Gasteiger partial charge in [-0.1, -0.05) is 60.7 Å². The van der Waals surface area contributed by atoms with Gasteiger partial charge in [-0.3, -0.25) is 4.79 Å². The van der Waals surface area contributed by atoms with E-state index < -0.39 is 5.97 Å². The highest BCUT2D eigenvalue weighted by Gasteiger charge is 2.13. The van der Waals surface area contributed by atoms with Crippen LogP contribution in [0.2, 0.25) is 0 Å². The predicted molar refractivity (Wildman–Crippen MR) is 136 cm³/mol. The van der Waals surface area contributed by atoms with Crippen molar-refractivity contribution in [2.45, 2.75) is 0 Å². The molecule has 1 aromatic heterocycles. The molecule has 0 aliphatic carbocycles. The SMILES string of the molecule is O=C(N/N=C\c1cccc(OC(=O)c2cccc3ccccc23)c1)c1ccccc1-n1cccc1. The molecule has 1 amide bonds. The second-order valence-corrected chi connectivity index (χ2v) is 7.80. The Balaban J connectivity index is 1.28. The summed E-state index contributed by atoms with van der Waals surface area (Å²) >= 11 is 0. The minimum atomic E-state index is -0.439. The first-order valence-electron chi connectivity index (χ1n) is 11.0. The van der Waals surface area contributed by atoms with Gasteiger partial charge in [0.2, 0.25) is 0 Å². The topological polar surface area (TPSA) is 72.7 Å². The number of hydrogen-bond donors (Lipinski definition) is 1. The van der Waals surface area contributed by atoms with Crippen molar-refractivity contribution in [2.24, 2.45) is 5.10 Å². The van der Waals surface area contributed by atoms with E-state index in [1.807, 2.05) is 77.6 Å². The highest BCUT2D eigenvalue weighted by atomic mass is 16.5. The molecule has 6 nitrogen and oxygen atoms in total. The largest absolute Gasteiger partial charge is 0.423 e. The molecule has 0 bridgehead atoms. The molecule has 0 spiro atoms. The van der Waals surface area contributed by atoms with Gasteiger partial charge in [0, 0.05) is 12.4 Å². The Hall–Kier alpha value is -4.97. The van der Waals surface area contributed by atoms with Crippen LogP contribution >= 0.6 is 0 Å². The molecule has 35 heavy (non-hydrogen) atoms. The Bertz CT molecular complexity index is 1530. The number of fused-ring (bicyclic) bond motifs is 1. The van der Waals surface area contributed by atoms with Gasteiger partial charge in [-0.25, -0.2) is 10.2 Å². The number of esters is 1. The van der Waals surface area contributed by atoms with Crippen molar-refractivity contribution >= 4 is 28.9 Å². The molecule has 170 valence electrons. The minimum Gasteiger partial charge on any atom is -0.423 e. The number of carbonyl (C=O) groups is 2. The number of amides is 1. The van der Waals surface area contributed by atoms with Crippen molar-refractivity contribution in [1.82, 2.24) is 9.99 Å². The van der Waals surface area contributed by atoms with Gasteiger partial charge in [0.15, 0.2) is 0 Å². The van der Waals surface area contributed by atoms with Crippen molar-refractivity contribution in [2.75, 3.05) is 0 Å². The van der Waals surface area contributed by atoms with Crippen molar-refractivity contribution in [1.29, 1.82) is 0 Å². The van der Waals surface area contributed by atoms with Gasteiger partial charge < -0.3 is 9.30 Å². The molecule has 0 saturated heterocycles. The van der Waals surface area contributed by atoms with Crippen LogP contribution in [0.15, 0.2) is 121 Å². The summed E-state index contributed by atoms with van der Waals surface area (Å²) in [6.07, 6.45) is 5.26. The Morgan fingerprint density at radius 1 is 0.771 bits per heavy atom. The van der Waals surface area contributed by atoms with Gasteiger partial charge in [-0.05, 0) is 58.8 Å². The molecular weight excluding hydrogens is 438 g/mol. The molecule has 0 fully saturated rings. The Labute approximate surface area is 202 Å². The number of nitrogens with one attached hydrogen (secondary N) is 1. The van der Waals surface area contributed by atoms with Crippen LogP contribution in [0.25, 0.3) is 16.5 Å². The highest BCUT2D eigenvalue weighted by molar-refractivity contribution is 6.05. The lowest BCUT2D eigenvalue weighted by atomic mass is 10.0. The average molecular weight is 460 g/mol. The van der Waals surface area contributed by atoms with Crippen LogP contribution in [0.3, 0.4) is 0 Å². The molecule has 0 atom stereocenters. The zero-order valence-corrected chi connectivity index (χ0v) is 18.7. The molecule has 0 aliphatic rings. The van der Waals surface area contributed by atoms with Crippen LogP contribution < -0.4 is 10.2 Å². The van der Waals surface area contributed by atoms with Gasteiger partial charge in [0.05, 0.1) is 23.0 Å². The number of benzene rings is 4. The zero-order chi connectivity index (χ0) is 24.0. The van der Waals surface area contributed by atoms with E-state index in [1.165, 1.54) is 6.21 Å². The molecular formula is C29H21N3O3. The number of para-hydroxylation sites is 1. The summed E-state index contributed by atoms with van der Waals surface area (Å²) in [5.41, 5.74) is 4.99. The average Bonchev–Trinajstić information content (AvgIpc) is 3.43. The fourth-order valence-corrected chi connectivity index (χ4v) is 3.84. The molecule has 6 heteroatoms. The number of hydrogen-bond acceptors (Lipinski definition) is 4. The van der Waals surface area contributed by atoms with Crippen LogP contribution in [0.5, 0.6) is 5.75 Å². The van der Waals surface area contributed by atoms with Crippen LogP contribution in [-0.2, 0) is 0 Å². The van der Waals surface area contributed by atoms with E-state index in [0.29, 0.717) is 22.4 Å². The van der Waals surface area contributed by atoms with E-state index in [0.717, 1.165) is 16.5 Å². The number of hydrazone groups is 1. The molecule has 5 rings (SSSR count). The summed E-state index contributed by atoms with van der Waals surface area (Å²) < 4.78 is 7.48. The molecule has 0 radical (unpaired) electrons. The lowest BCUT2D eigenvalue weighted by molar-refractivity contribution is 0.0736. The Morgan fingerprint density at radius 3 is 2.37 bits per heavy atom. The Morgan fingerprint density at radius 2 is 1.49 bits per heavy atom. The third-order valence-corrected chi connectivity index (χ3v) is 5.49. The Kier molecular flexibility index (Phi) is 6.17. The van der Waals surface area contributed by atoms with Gasteiger partial charge in [0.25, 0.3) is 5.91 Å². The third-order valence-electron chi connectivity index (χ3n) is 5.49. The normalized spacial score (nSPS) is 11.0. The van der Waals surface area contributed by atoms with Crippen LogP contribution in [0.4, 0.5) is 0 Å². The molecule has 5 aromatic rings. The predicted octanol–water partition coefficient (Wildman–Crippen LogP) is 5.61.